The predicted octanol–water partition coefficient (Wildman–Crippen LogP) is 10.4. The van der Waals surface area contributed by atoms with Crippen LogP contribution in [0.2, 0.25) is 10.0 Å². The minimum atomic E-state index is -1.68. The Hall–Kier alpha value is -6.72. The number of nitrogens with zero attached hydrogens (tertiary/aromatic N) is 4. The van der Waals surface area contributed by atoms with Crippen LogP contribution in [0, 0.1) is 0 Å². The molecule has 66 heavy (non-hydrogen) atoms. The Morgan fingerprint density at radius 1 is 0.530 bits per heavy atom. The van der Waals surface area contributed by atoms with Gasteiger partial charge in [-0.2, -0.15) is 20.5 Å². The fraction of sp³-hybridized carbons (Fsp3) is 0.217. The van der Waals surface area contributed by atoms with Crippen molar-refractivity contribution < 1.29 is 38.2 Å². The summed E-state index contributed by atoms with van der Waals surface area (Å²) in [6.07, 6.45) is 1.07. The Balaban J connectivity index is 1.31. The second kappa shape index (κ2) is 24.0. The number of amides is 4. The lowest BCUT2D eigenvalue weighted by Gasteiger charge is -2.18. The van der Waals surface area contributed by atoms with Gasteiger partial charge in [0.25, 0.3) is 23.6 Å². The topological polar surface area (TPSA) is 218 Å². The number of alkyl halides is 2. The molecule has 0 saturated heterocycles. The Morgan fingerprint density at radius 2 is 0.909 bits per heavy atom. The van der Waals surface area contributed by atoms with E-state index in [1.807, 2.05) is 24.3 Å². The van der Waals surface area contributed by atoms with E-state index >= 15 is 0 Å². The molecule has 4 N–H and O–H groups in total. The molecule has 0 saturated carbocycles. The van der Waals surface area contributed by atoms with Gasteiger partial charge >= 0.3 is 0 Å². The van der Waals surface area contributed by atoms with E-state index in [2.05, 4.69) is 41.7 Å². The van der Waals surface area contributed by atoms with E-state index in [-0.39, 0.29) is 55.4 Å². The van der Waals surface area contributed by atoms with E-state index in [1.165, 1.54) is 62.8 Å². The molecule has 0 radical (unpaired) electrons. The van der Waals surface area contributed by atoms with Gasteiger partial charge in [0.2, 0.25) is 12.1 Å². The van der Waals surface area contributed by atoms with Gasteiger partial charge in [0.05, 0.1) is 35.6 Å². The third-order valence-electron chi connectivity index (χ3n) is 9.54. The normalized spacial score (nSPS) is 12.0. The van der Waals surface area contributed by atoms with Gasteiger partial charge in [0, 0.05) is 46.4 Å². The third-order valence-corrected chi connectivity index (χ3v) is 10.6. The van der Waals surface area contributed by atoms with Gasteiger partial charge in [0.15, 0.2) is 11.6 Å². The Labute approximate surface area is 399 Å². The molecule has 0 aliphatic carbocycles. The monoisotopic (exact) mass is 974 g/mol. The molecule has 20 heteroatoms. The van der Waals surface area contributed by atoms with Gasteiger partial charge in [-0.1, -0.05) is 59.6 Å². The van der Waals surface area contributed by atoms with E-state index in [4.69, 9.17) is 55.9 Å². The summed E-state index contributed by atoms with van der Waals surface area (Å²) in [5.74, 6) is -3.42. The van der Waals surface area contributed by atoms with Crippen molar-refractivity contribution in [2.75, 3.05) is 47.2 Å². The first-order valence-electron chi connectivity index (χ1n) is 19.9. The maximum absolute atomic E-state index is 13.6. The molecule has 0 heterocycles. The quantitative estimate of drug-likeness (QED) is 0.0333. The molecule has 342 valence electrons. The van der Waals surface area contributed by atoms with Crippen molar-refractivity contribution in [3.05, 3.63) is 129 Å². The Kier molecular flexibility index (Phi) is 18.3. The van der Waals surface area contributed by atoms with Crippen molar-refractivity contribution in [1.82, 2.24) is 0 Å². The zero-order chi connectivity index (χ0) is 47.9. The Bertz CT molecular complexity index is 2530. The van der Waals surface area contributed by atoms with Crippen molar-refractivity contribution in [3.8, 4) is 11.5 Å². The molecule has 2 unspecified atom stereocenters. The first kappa shape index (κ1) is 50.3. The number of azo groups is 2. The largest absolute Gasteiger partial charge is 0.494 e. The fourth-order valence-corrected chi connectivity index (χ4v) is 6.86. The summed E-state index contributed by atoms with van der Waals surface area (Å²) in [6, 6.07) is 22.2. The fourth-order valence-electron chi connectivity index (χ4n) is 6.15. The summed E-state index contributed by atoms with van der Waals surface area (Å²) in [7, 11) is 2.58. The van der Waals surface area contributed by atoms with Crippen LogP contribution in [-0.2, 0) is 32.0 Å². The molecule has 0 fully saturated rings. The number of rotatable bonds is 20. The van der Waals surface area contributed by atoms with Crippen LogP contribution in [0.15, 0.2) is 118 Å². The molecule has 2 atom stereocenters. The van der Waals surface area contributed by atoms with Gasteiger partial charge in [-0.3, -0.25) is 28.8 Å². The number of methoxy groups -OCH3 is 2. The molecule has 5 aromatic rings. The van der Waals surface area contributed by atoms with Crippen molar-refractivity contribution in [2.45, 2.75) is 38.8 Å². The van der Waals surface area contributed by atoms with Crippen molar-refractivity contribution in [1.29, 1.82) is 0 Å². The zero-order valence-corrected chi connectivity index (χ0v) is 38.8. The van der Waals surface area contributed by atoms with E-state index in [0.29, 0.717) is 36.0 Å². The maximum atomic E-state index is 13.6. The molecule has 0 aliphatic heterocycles. The number of anilines is 4. The highest BCUT2D eigenvalue weighted by molar-refractivity contribution is 6.33. The molecule has 0 aromatic heterocycles. The summed E-state index contributed by atoms with van der Waals surface area (Å²) in [5, 5.41) is 27.1. The van der Waals surface area contributed by atoms with Crippen molar-refractivity contribution >= 4 is 116 Å². The first-order chi connectivity index (χ1) is 31.7. The zero-order valence-electron chi connectivity index (χ0n) is 35.8. The summed E-state index contributed by atoms with van der Waals surface area (Å²) in [4.78, 5) is 78.9. The average Bonchev–Trinajstić information content (AvgIpc) is 3.29. The number of nitrogens with one attached hydrogen (secondary N) is 4. The Morgan fingerprint density at radius 3 is 1.26 bits per heavy atom. The van der Waals surface area contributed by atoms with Crippen LogP contribution in [0.1, 0.15) is 45.7 Å². The van der Waals surface area contributed by atoms with Gasteiger partial charge in [-0.15, -0.1) is 23.2 Å². The number of ether oxygens (including phenoxy) is 2. The van der Waals surface area contributed by atoms with E-state index in [1.54, 1.807) is 24.3 Å². The second-order valence-electron chi connectivity index (χ2n) is 14.1. The van der Waals surface area contributed by atoms with Crippen LogP contribution in [0.5, 0.6) is 11.5 Å². The smallest absolute Gasteiger partial charge is 0.258 e. The number of carbonyl (C=O) groups is 6. The van der Waals surface area contributed by atoms with Gasteiger partial charge < -0.3 is 30.7 Å². The number of halogens is 4. The van der Waals surface area contributed by atoms with Crippen LogP contribution in [0.25, 0.3) is 0 Å². The molecular formula is C46H42Cl4N8O8. The molecule has 4 amide bonds. The molecular weight excluding hydrogens is 934 g/mol. The lowest BCUT2D eigenvalue weighted by atomic mass is 10.1. The van der Waals surface area contributed by atoms with Gasteiger partial charge in [-0.25, -0.2) is 0 Å². The van der Waals surface area contributed by atoms with E-state index in [0.717, 1.165) is 25.0 Å². The lowest BCUT2D eigenvalue weighted by molar-refractivity contribution is -0.127. The standard InChI is InChI=1S/C46H42Cl4N8O8/c1-25(59)41(57-55-35-21-29(13-15-31(35)49)43(61)51-33-11-7-5-9-27(33)17-19-47)45(63)53-37-23-40(66-4)38(24-39(37)65-3)54-46(64)42(26(2)60)58-56-36-22-30(14-16-32(36)50)44(62)52-34-12-8-6-10-28(34)18-20-48/h5-16,21-24,41-42H,17-20H2,1-4H3,(H,51,61)(H,52,62)(H,53,63)(H,54,64). The summed E-state index contributed by atoms with van der Waals surface area (Å²) in [5.41, 5.74) is 3.24. The van der Waals surface area contributed by atoms with E-state index < -0.39 is 47.3 Å². The second-order valence-corrected chi connectivity index (χ2v) is 15.7. The van der Waals surface area contributed by atoms with E-state index in [9.17, 15) is 28.8 Å². The highest BCUT2D eigenvalue weighted by Gasteiger charge is 2.28. The van der Waals surface area contributed by atoms with Crippen LogP contribution in [0.4, 0.5) is 34.1 Å². The number of hydrogen-bond donors (Lipinski definition) is 4. The number of benzene rings is 5. The number of carbonyl (C=O) groups excluding carboxylic acids is 6. The van der Waals surface area contributed by atoms with Crippen molar-refractivity contribution in [2.24, 2.45) is 20.5 Å². The lowest BCUT2D eigenvalue weighted by Crippen LogP contribution is -2.32. The van der Waals surface area contributed by atoms with Gasteiger partial charge in [-0.05, 0) is 86.3 Å². The van der Waals surface area contributed by atoms with Crippen LogP contribution < -0.4 is 30.7 Å². The van der Waals surface area contributed by atoms with Crippen LogP contribution in [0.3, 0.4) is 0 Å². The molecule has 5 rings (SSSR count). The molecule has 0 bridgehead atoms. The van der Waals surface area contributed by atoms with Crippen molar-refractivity contribution in [3.63, 3.8) is 0 Å². The van der Waals surface area contributed by atoms with Gasteiger partial charge in [0.1, 0.15) is 22.9 Å². The molecule has 5 aromatic carbocycles. The van der Waals surface area contributed by atoms with Crippen LogP contribution >= 0.6 is 46.4 Å². The summed E-state index contributed by atoms with van der Waals surface area (Å²) in [6.45, 7) is 2.28. The number of aryl methyl sites for hydroxylation is 2. The SMILES string of the molecule is COc1cc(NC(=O)C(N=Nc2cc(C(=O)Nc3ccccc3CCCl)ccc2Cl)C(C)=O)c(OC)cc1NC(=O)C(N=Nc1cc(C(=O)Nc2ccccc2CCCl)ccc1Cl)C(C)=O. The number of ketones is 2. The predicted molar refractivity (Wildman–Crippen MR) is 255 cm³/mol. The average molecular weight is 977 g/mol. The molecule has 0 aliphatic rings. The minimum Gasteiger partial charge on any atom is -0.494 e. The molecule has 16 nitrogen and oxygen atoms in total. The highest BCUT2D eigenvalue weighted by Crippen LogP contribution is 2.37. The summed E-state index contributed by atoms with van der Waals surface area (Å²) >= 11 is 24.6. The van der Waals surface area contributed by atoms with Crippen LogP contribution in [-0.4, -0.2) is 73.3 Å². The first-order valence-corrected chi connectivity index (χ1v) is 21.7. The summed E-state index contributed by atoms with van der Waals surface area (Å²) < 4.78 is 11.0. The molecule has 0 spiro atoms. The third kappa shape index (κ3) is 13.2. The maximum Gasteiger partial charge on any atom is 0.258 e. The number of hydrogen-bond acceptors (Lipinski definition) is 12. The minimum absolute atomic E-state index is 0.00113. The highest BCUT2D eigenvalue weighted by atomic mass is 35.5. The number of para-hydroxylation sites is 2. The number of Topliss-reactive ketones (excluding diaryl/α,β-unsaturated/α-hetero) is 2.